The zero-order valence-electron chi connectivity index (χ0n) is 14.4. The molecule has 2 aromatic carbocycles. The average molecular weight is 348 g/mol. The third-order valence-electron chi connectivity index (χ3n) is 3.83. The van der Waals surface area contributed by atoms with Gasteiger partial charge in [-0.1, -0.05) is 37.6 Å². The number of methoxy groups -OCH3 is 2. The van der Waals surface area contributed by atoms with Gasteiger partial charge in [-0.15, -0.1) is 0 Å². The molecule has 1 N–H and O–H groups in total. The maximum absolute atomic E-state index is 12.7. The van der Waals surface area contributed by atoms with Crippen LogP contribution in [0.3, 0.4) is 0 Å². The molecule has 2 aromatic rings. The summed E-state index contributed by atoms with van der Waals surface area (Å²) in [5.74, 6) is 1.15. The number of hydrogen-bond acceptors (Lipinski definition) is 3. The highest BCUT2D eigenvalue weighted by Crippen LogP contribution is 2.31. The topological polar surface area (TPSA) is 47.6 Å². The van der Waals surface area contributed by atoms with Gasteiger partial charge in [-0.2, -0.15) is 0 Å². The first-order chi connectivity index (χ1) is 11.4. The molecule has 0 saturated heterocycles. The summed E-state index contributed by atoms with van der Waals surface area (Å²) in [5, 5.41) is 3.62. The molecular formula is C19H22ClNO3. The molecule has 4 nitrogen and oxygen atoms in total. The minimum absolute atomic E-state index is 0.0825. The third kappa shape index (κ3) is 4.42. The molecule has 0 unspecified atom stereocenters. The third-order valence-corrected chi connectivity index (χ3v) is 4.08. The summed E-state index contributed by atoms with van der Waals surface area (Å²) in [6.07, 6.45) is 0.606. The maximum atomic E-state index is 12.7. The van der Waals surface area contributed by atoms with Crippen molar-refractivity contribution >= 4 is 23.2 Å². The van der Waals surface area contributed by atoms with Gasteiger partial charge in [0.1, 0.15) is 11.5 Å². The molecule has 0 aliphatic carbocycles. The molecule has 0 spiro atoms. The van der Waals surface area contributed by atoms with Crippen LogP contribution in [0.15, 0.2) is 42.5 Å². The number of ether oxygens (including phenoxy) is 2. The normalized spacial score (nSPS) is 11.0. The molecule has 0 bridgehead atoms. The second-order valence-corrected chi connectivity index (χ2v) is 6.64. The Morgan fingerprint density at radius 3 is 2.33 bits per heavy atom. The van der Waals surface area contributed by atoms with Crippen molar-refractivity contribution in [3.8, 4) is 11.5 Å². The molecular weight excluding hydrogens is 326 g/mol. The molecule has 0 aliphatic heterocycles. The Balaban J connectivity index is 2.14. The van der Waals surface area contributed by atoms with Gasteiger partial charge in [0, 0.05) is 16.5 Å². The lowest BCUT2D eigenvalue weighted by molar-refractivity contribution is -0.123. The Labute approximate surface area is 147 Å². The summed E-state index contributed by atoms with van der Waals surface area (Å²) in [6.45, 7) is 3.82. The minimum Gasteiger partial charge on any atom is -0.497 e. The monoisotopic (exact) mass is 347 g/mol. The Hall–Kier alpha value is -2.20. The lowest BCUT2D eigenvalue weighted by Crippen LogP contribution is -2.32. The van der Waals surface area contributed by atoms with E-state index in [4.69, 9.17) is 21.1 Å². The van der Waals surface area contributed by atoms with Crippen LogP contribution in [0.5, 0.6) is 11.5 Å². The molecule has 0 fully saturated rings. The van der Waals surface area contributed by atoms with Gasteiger partial charge < -0.3 is 14.8 Å². The van der Waals surface area contributed by atoms with E-state index in [0.29, 0.717) is 28.6 Å². The minimum atomic E-state index is -0.585. The van der Waals surface area contributed by atoms with Crippen molar-refractivity contribution in [3.05, 3.63) is 53.1 Å². The number of nitrogens with one attached hydrogen (secondary N) is 1. The van der Waals surface area contributed by atoms with Gasteiger partial charge in [-0.05, 0) is 36.2 Å². The van der Waals surface area contributed by atoms with E-state index in [-0.39, 0.29) is 5.91 Å². The van der Waals surface area contributed by atoms with E-state index in [9.17, 15) is 4.79 Å². The Morgan fingerprint density at radius 1 is 1.08 bits per heavy atom. The van der Waals surface area contributed by atoms with Crippen LogP contribution >= 0.6 is 11.6 Å². The quantitative estimate of drug-likeness (QED) is 0.833. The molecule has 0 heterocycles. The van der Waals surface area contributed by atoms with Crippen molar-refractivity contribution in [2.75, 3.05) is 19.5 Å². The predicted molar refractivity (Wildman–Crippen MR) is 97.1 cm³/mol. The highest BCUT2D eigenvalue weighted by molar-refractivity contribution is 6.30. The van der Waals surface area contributed by atoms with E-state index >= 15 is 0 Å². The number of hydrogen-bond donors (Lipinski definition) is 1. The van der Waals surface area contributed by atoms with Crippen molar-refractivity contribution in [3.63, 3.8) is 0 Å². The van der Waals surface area contributed by atoms with E-state index in [1.54, 1.807) is 32.4 Å². The smallest absolute Gasteiger partial charge is 0.230 e. The van der Waals surface area contributed by atoms with Crippen LogP contribution in [0.2, 0.25) is 5.02 Å². The van der Waals surface area contributed by atoms with Gasteiger partial charge in [-0.25, -0.2) is 0 Å². The number of anilines is 1. The SMILES string of the molecule is COc1ccc(NC(=O)C(C)(C)Cc2ccc(Cl)cc2)c(OC)c1. The van der Waals surface area contributed by atoms with E-state index in [1.807, 2.05) is 38.1 Å². The summed E-state index contributed by atoms with van der Waals surface area (Å²) >= 11 is 5.91. The first-order valence-electron chi connectivity index (χ1n) is 7.63. The van der Waals surface area contributed by atoms with Crippen molar-refractivity contribution in [1.82, 2.24) is 0 Å². The fourth-order valence-electron chi connectivity index (χ4n) is 2.39. The number of carbonyl (C=O) groups excluding carboxylic acids is 1. The van der Waals surface area contributed by atoms with Crippen LogP contribution in [-0.2, 0) is 11.2 Å². The predicted octanol–water partition coefficient (Wildman–Crippen LogP) is 4.56. The molecule has 1 amide bonds. The zero-order chi connectivity index (χ0) is 17.7. The Morgan fingerprint density at radius 2 is 1.75 bits per heavy atom. The number of benzene rings is 2. The van der Waals surface area contributed by atoms with Gasteiger partial charge in [0.2, 0.25) is 5.91 Å². The van der Waals surface area contributed by atoms with E-state index in [0.717, 1.165) is 5.56 Å². The van der Waals surface area contributed by atoms with Crippen LogP contribution in [0.4, 0.5) is 5.69 Å². The lowest BCUT2D eigenvalue weighted by Gasteiger charge is -2.24. The zero-order valence-corrected chi connectivity index (χ0v) is 15.1. The van der Waals surface area contributed by atoms with Crippen molar-refractivity contribution in [1.29, 1.82) is 0 Å². The molecule has 0 atom stereocenters. The summed E-state index contributed by atoms with van der Waals surface area (Å²) < 4.78 is 10.5. The van der Waals surface area contributed by atoms with Crippen LogP contribution < -0.4 is 14.8 Å². The second kappa shape index (κ2) is 7.58. The standard InChI is InChI=1S/C19H22ClNO3/c1-19(2,12-13-5-7-14(20)8-6-13)18(22)21-16-10-9-15(23-3)11-17(16)24-4/h5-11H,12H2,1-4H3,(H,21,22). The fraction of sp³-hybridized carbons (Fsp3) is 0.316. The van der Waals surface area contributed by atoms with Crippen LogP contribution in [0, 0.1) is 5.41 Å². The molecule has 128 valence electrons. The second-order valence-electron chi connectivity index (χ2n) is 6.21. The first-order valence-corrected chi connectivity index (χ1v) is 8.01. The number of carbonyl (C=O) groups is 1. The van der Waals surface area contributed by atoms with Gasteiger partial charge in [0.15, 0.2) is 0 Å². The van der Waals surface area contributed by atoms with E-state index in [1.165, 1.54) is 0 Å². The molecule has 5 heteroatoms. The number of halogens is 1. The summed E-state index contributed by atoms with van der Waals surface area (Å²) in [5.41, 5.74) is 1.09. The average Bonchev–Trinajstić information content (AvgIpc) is 2.57. The van der Waals surface area contributed by atoms with Crippen LogP contribution in [0.25, 0.3) is 0 Å². The van der Waals surface area contributed by atoms with Gasteiger partial charge in [0.25, 0.3) is 0 Å². The van der Waals surface area contributed by atoms with E-state index < -0.39 is 5.41 Å². The Kier molecular flexibility index (Phi) is 5.73. The first kappa shape index (κ1) is 18.1. The summed E-state index contributed by atoms with van der Waals surface area (Å²) in [6, 6.07) is 12.8. The molecule has 24 heavy (non-hydrogen) atoms. The van der Waals surface area contributed by atoms with Crippen LogP contribution in [-0.4, -0.2) is 20.1 Å². The molecule has 0 radical (unpaired) electrons. The van der Waals surface area contributed by atoms with Crippen molar-refractivity contribution in [2.24, 2.45) is 5.41 Å². The maximum Gasteiger partial charge on any atom is 0.230 e. The Bertz CT molecular complexity index is 711. The number of rotatable bonds is 6. The van der Waals surface area contributed by atoms with Gasteiger partial charge >= 0.3 is 0 Å². The van der Waals surface area contributed by atoms with Crippen LogP contribution in [0.1, 0.15) is 19.4 Å². The van der Waals surface area contributed by atoms with E-state index in [2.05, 4.69) is 5.32 Å². The molecule has 0 aromatic heterocycles. The van der Waals surface area contributed by atoms with Gasteiger partial charge in [0.05, 0.1) is 19.9 Å². The molecule has 0 aliphatic rings. The summed E-state index contributed by atoms with van der Waals surface area (Å²) in [4.78, 5) is 12.7. The van der Waals surface area contributed by atoms with Crippen molar-refractivity contribution in [2.45, 2.75) is 20.3 Å². The number of amides is 1. The fourth-order valence-corrected chi connectivity index (χ4v) is 2.51. The highest BCUT2D eigenvalue weighted by atomic mass is 35.5. The molecule has 2 rings (SSSR count). The highest BCUT2D eigenvalue weighted by Gasteiger charge is 2.28. The lowest BCUT2D eigenvalue weighted by atomic mass is 9.84. The molecule has 0 saturated carbocycles. The summed E-state index contributed by atoms with van der Waals surface area (Å²) in [7, 11) is 3.14. The van der Waals surface area contributed by atoms with Gasteiger partial charge in [-0.3, -0.25) is 4.79 Å². The van der Waals surface area contributed by atoms with Crippen molar-refractivity contribution < 1.29 is 14.3 Å². The largest absolute Gasteiger partial charge is 0.497 e.